The van der Waals surface area contributed by atoms with Gasteiger partial charge in [0.25, 0.3) is 0 Å². The van der Waals surface area contributed by atoms with Crippen LogP contribution < -0.4 is 10.6 Å². The molecular weight excluding hydrogens is 204 g/mol. The maximum absolute atomic E-state index is 11.7. The molecule has 1 aromatic heterocycles. The topological polar surface area (TPSA) is 59.0 Å². The van der Waals surface area contributed by atoms with Crippen LogP contribution in [0.3, 0.4) is 0 Å². The Hall–Kier alpha value is -1.36. The van der Waals surface area contributed by atoms with Crippen LogP contribution in [0.25, 0.3) is 0 Å². The van der Waals surface area contributed by atoms with E-state index in [1.807, 2.05) is 7.05 Å². The van der Waals surface area contributed by atoms with Gasteiger partial charge in [0.05, 0.1) is 11.9 Å². The van der Waals surface area contributed by atoms with Crippen LogP contribution in [-0.4, -0.2) is 28.8 Å². The number of aromatic nitrogens is 2. The van der Waals surface area contributed by atoms with E-state index in [2.05, 4.69) is 15.7 Å². The van der Waals surface area contributed by atoms with Crippen LogP contribution in [0.4, 0.5) is 5.69 Å². The largest absolute Gasteiger partial charge is 0.323 e. The molecule has 0 radical (unpaired) electrons. The molecule has 2 heterocycles. The summed E-state index contributed by atoms with van der Waals surface area (Å²) in [6, 6.07) is 0. The number of carbonyl (C=O) groups is 1. The molecule has 0 aliphatic carbocycles. The number of hydrogen-bond acceptors (Lipinski definition) is 3. The van der Waals surface area contributed by atoms with Crippen molar-refractivity contribution in [3.63, 3.8) is 0 Å². The lowest BCUT2D eigenvalue weighted by atomic mass is 9.94. The monoisotopic (exact) mass is 222 g/mol. The molecule has 1 amide bonds. The van der Waals surface area contributed by atoms with E-state index in [1.54, 1.807) is 17.1 Å². The van der Waals surface area contributed by atoms with Crippen LogP contribution in [0.15, 0.2) is 12.4 Å². The highest BCUT2D eigenvalue weighted by atomic mass is 16.1. The highest BCUT2D eigenvalue weighted by molar-refractivity contribution is 5.90. The highest BCUT2D eigenvalue weighted by Crippen LogP contribution is 2.16. The molecule has 2 N–H and O–H groups in total. The van der Waals surface area contributed by atoms with Crippen molar-refractivity contribution in [2.24, 2.45) is 13.0 Å². The average Bonchev–Trinajstić information content (AvgIpc) is 2.65. The van der Waals surface area contributed by atoms with E-state index in [0.29, 0.717) is 12.3 Å². The van der Waals surface area contributed by atoms with Crippen LogP contribution >= 0.6 is 0 Å². The Kier molecular flexibility index (Phi) is 3.56. The highest BCUT2D eigenvalue weighted by Gasteiger charge is 2.16. The van der Waals surface area contributed by atoms with Gasteiger partial charge in [-0.25, -0.2) is 0 Å². The molecule has 16 heavy (non-hydrogen) atoms. The van der Waals surface area contributed by atoms with Gasteiger partial charge >= 0.3 is 0 Å². The molecule has 0 atom stereocenters. The maximum Gasteiger partial charge on any atom is 0.224 e. The zero-order valence-electron chi connectivity index (χ0n) is 9.57. The van der Waals surface area contributed by atoms with E-state index in [9.17, 15) is 4.79 Å². The van der Waals surface area contributed by atoms with E-state index >= 15 is 0 Å². The zero-order chi connectivity index (χ0) is 11.4. The quantitative estimate of drug-likeness (QED) is 0.793. The molecular formula is C11H18N4O. The molecule has 88 valence electrons. The third-order valence-electron chi connectivity index (χ3n) is 2.92. The molecule has 0 saturated carbocycles. The lowest BCUT2D eigenvalue weighted by Gasteiger charge is -2.21. The minimum atomic E-state index is 0.0971. The van der Waals surface area contributed by atoms with Gasteiger partial charge in [0, 0.05) is 19.7 Å². The lowest BCUT2D eigenvalue weighted by Crippen LogP contribution is -2.30. The predicted molar refractivity (Wildman–Crippen MR) is 62.0 cm³/mol. The van der Waals surface area contributed by atoms with E-state index in [4.69, 9.17) is 0 Å². The third-order valence-corrected chi connectivity index (χ3v) is 2.92. The van der Waals surface area contributed by atoms with Crippen molar-refractivity contribution in [2.45, 2.75) is 19.3 Å². The van der Waals surface area contributed by atoms with Crippen LogP contribution in [0.5, 0.6) is 0 Å². The lowest BCUT2D eigenvalue weighted by molar-refractivity contribution is -0.117. The Morgan fingerprint density at radius 1 is 1.62 bits per heavy atom. The van der Waals surface area contributed by atoms with E-state index in [1.165, 1.54) is 0 Å². The molecule has 1 aliphatic rings. The molecule has 0 unspecified atom stereocenters. The third kappa shape index (κ3) is 3.06. The molecule has 2 rings (SSSR count). The number of nitrogens with one attached hydrogen (secondary N) is 2. The van der Waals surface area contributed by atoms with Crippen molar-refractivity contribution in [3.8, 4) is 0 Å². The van der Waals surface area contributed by atoms with Crippen molar-refractivity contribution in [1.29, 1.82) is 0 Å². The number of aryl methyl sites for hydroxylation is 1. The molecule has 1 saturated heterocycles. The van der Waals surface area contributed by atoms with Gasteiger partial charge in [-0.15, -0.1) is 0 Å². The van der Waals surface area contributed by atoms with Crippen LogP contribution in [-0.2, 0) is 11.8 Å². The Morgan fingerprint density at radius 2 is 2.38 bits per heavy atom. The maximum atomic E-state index is 11.7. The normalized spacial score (nSPS) is 17.3. The predicted octanol–water partition coefficient (Wildman–Crippen LogP) is 0.748. The summed E-state index contributed by atoms with van der Waals surface area (Å²) in [7, 11) is 1.84. The minimum Gasteiger partial charge on any atom is -0.323 e. The number of nitrogens with zero attached hydrogens (tertiary/aromatic N) is 2. The van der Waals surface area contributed by atoms with Gasteiger partial charge in [-0.1, -0.05) is 0 Å². The summed E-state index contributed by atoms with van der Waals surface area (Å²) in [5.74, 6) is 0.623. The molecule has 1 aromatic rings. The van der Waals surface area contributed by atoms with Crippen molar-refractivity contribution >= 4 is 11.6 Å². The van der Waals surface area contributed by atoms with Crippen molar-refractivity contribution in [1.82, 2.24) is 15.1 Å². The summed E-state index contributed by atoms with van der Waals surface area (Å²) < 4.78 is 1.68. The first-order chi connectivity index (χ1) is 7.74. The number of anilines is 1. The summed E-state index contributed by atoms with van der Waals surface area (Å²) in [6.45, 7) is 2.07. The summed E-state index contributed by atoms with van der Waals surface area (Å²) >= 11 is 0. The van der Waals surface area contributed by atoms with Gasteiger partial charge in [-0.05, 0) is 31.8 Å². The molecule has 1 aliphatic heterocycles. The fourth-order valence-electron chi connectivity index (χ4n) is 2.05. The summed E-state index contributed by atoms with van der Waals surface area (Å²) in [6.07, 6.45) is 6.29. The number of piperidine rings is 1. The summed E-state index contributed by atoms with van der Waals surface area (Å²) in [4.78, 5) is 11.7. The Labute approximate surface area is 95.2 Å². The van der Waals surface area contributed by atoms with Crippen molar-refractivity contribution in [3.05, 3.63) is 12.4 Å². The Balaban J connectivity index is 1.79. The molecule has 5 heteroatoms. The number of amides is 1. The van der Waals surface area contributed by atoms with Crippen molar-refractivity contribution in [2.75, 3.05) is 18.4 Å². The number of hydrogen-bond donors (Lipinski definition) is 2. The zero-order valence-corrected chi connectivity index (χ0v) is 9.57. The second kappa shape index (κ2) is 5.12. The van der Waals surface area contributed by atoms with Gasteiger partial charge in [-0.2, -0.15) is 5.10 Å². The molecule has 5 nitrogen and oxygen atoms in total. The van der Waals surface area contributed by atoms with Gasteiger partial charge in [-0.3, -0.25) is 9.48 Å². The molecule has 1 fully saturated rings. The summed E-state index contributed by atoms with van der Waals surface area (Å²) in [5.41, 5.74) is 0.779. The first kappa shape index (κ1) is 11.1. The Morgan fingerprint density at radius 3 is 3.00 bits per heavy atom. The fraction of sp³-hybridized carbons (Fsp3) is 0.636. The second-order valence-electron chi connectivity index (χ2n) is 4.35. The standard InChI is InChI=1S/C11H18N4O/c1-15-8-10(7-13-15)14-11(16)6-9-2-4-12-5-3-9/h7-9,12H,2-6H2,1H3,(H,14,16). The smallest absolute Gasteiger partial charge is 0.224 e. The first-order valence-corrected chi connectivity index (χ1v) is 5.73. The van der Waals surface area contributed by atoms with Gasteiger partial charge in [0.1, 0.15) is 0 Å². The average molecular weight is 222 g/mol. The second-order valence-corrected chi connectivity index (χ2v) is 4.35. The van der Waals surface area contributed by atoms with Crippen LogP contribution in [0.2, 0.25) is 0 Å². The first-order valence-electron chi connectivity index (χ1n) is 5.73. The van der Waals surface area contributed by atoms with Gasteiger partial charge in [0.15, 0.2) is 0 Å². The molecule has 0 spiro atoms. The SMILES string of the molecule is Cn1cc(NC(=O)CC2CCNCC2)cn1. The minimum absolute atomic E-state index is 0.0971. The number of rotatable bonds is 3. The van der Waals surface area contributed by atoms with Crippen LogP contribution in [0, 0.1) is 5.92 Å². The van der Waals surface area contributed by atoms with Crippen molar-refractivity contribution < 1.29 is 4.79 Å². The van der Waals surface area contributed by atoms with Crippen LogP contribution in [0.1, 0.15) is 19.3 Å². The fourth-order valence-corrected chi connectivity index (χ4v) is 2.05. The van der Waals surface area contributed by atoms with Gasteiger partial charge < -0.3 is 10.6 Å². The van der Waals surface area contributed by atoms with E-state index in [-0.39, 0.29) is 5.91 Å². The summed E-state index contributed by atoms with van der Waals surface area (Å²) in [5, 5.41) is 10.2. The number of carbonyl (C=O) groups excluding carboxylic acids is 1. The van der Waals surface area contributed by atoms with Gasteiger partial charge in [0.2, 0.25) is 5.91 Å². The molecule has 0 bridgehead atoms. The van der Waals surface area contributed by atoms with E-state index < -0.39 is 0 Å². The molecule has 0 aromatic carbocycles. The Bertz CT molecular complexity index is 355. The van der Waals surface area contributed by atoms with E-state index in [0.717, 1.165) is 31.6 Å².